The van der Waals surface area contributed by atoms with E-state index in [2.05, 4.69) is 174 Å². The minimum absolute atomic E-state index is 0.620. The van der Waals surface area contributed by atoms with Crippen molar-refractivity contribution in [3.05, 3.63) is 194 Å². The summed E-state index contributed by atoms with van der Waals surface area (Å²) in [6.07, 6.45) is 0. The summed E-state index contributed by atoms with van der Waals surface area (Å²) in [4.78, 5) is 15.8. The lowest BCUT2D eigenvalue weighted by molar-refractivity contribution is 1.07. The third-order valence-electron chi connectivity index (χ3n) is 11.5. The highest BCUT2D eigenvalue weighted by molar-refractivity contribution is 6.30. The van der Waals surface area contributed by atoms with Crippen molar-refractivity contribution >= 4 is 43.4 Å². The van der Waals surface area contributed by atoms with Crippen LogP contribution in [0.25, 0.3) is 117 Å². The molecule has 1 aliphatic rings. The van der Waals surface area contributed by atoms with Crippen molar-refractivity contribution < 1.29 is 0 Å². The van der Waals surface area contributed by atoms with Gasteiger partial charge in [0, 0.05) is 27.5 Å². The van der Waals surface area contributed by atoms with E-state index in [1.807, 2.05) is 24.3 Å². The van der Waals surface area contributed by atoms with Crippen molar-refractivity contribution in [1.82, 2.24) is 19.5 Å². The van der Waals surface area contributed by atoms with E-state index in [-0.39, 0.29) is 0 Å². The molecule has 0 spiro atoms. The maximum absolute atomic E-state index is 5.36. The SMILES string of the molecule is c1ccc(-c2cccc(-c3nc(-c4ccccc4)nc(-c4cc5ccccc5cc4-n4c5cccc6c5c5c7c(cccc7ccc54)-c4ccccc4-6)n3)c2)cc1. The first kappa shape index (κ1) is 31.6. The first-order valence-corrected chi connectivity index (χ1v) is 19.4. The summed E-state index contributed by atoms with van der Waals surface area (Å²) in [7, 11) is 0. The highest BCUT2D eigenvalue weighted by Gasteiger charge is 2.26. The van der Waals surface area contributed by atoms with Gasteiger partial charge in [0.15, 0.2) is 17.5 Å². The third-order valence-corrected chi connectivity index (χ3v) is 11.5. The van der Waals surface area contributed by atoms with Gasteiger partial charge in [-0.15, -0.1) is 0 Å². The molecular formula is C53H32N4. The highest BCUT2D eigenvalue weighted by atomic mass is 15.1. The summed E-state index contributed by atoms with van der Waals surface area (Å²) in [5.74, 6) is 1.88. The summed E-state index contributed by atoms with van der Waals surface area (Å²) < 4.78 is 2.45. The molecular weight excluding hydrogens is 693 g/mol. The van der Waals surface area contributed by atoms with Crippen LogP contribution in [0.2, 0.25) is 0 Å². The van der Waals surface area contributed by atoms with Gasteiger partial charge in [-0.25, -0.2) is 15.0 Å². The fourth-order valence-corrected chi connectivity index (χ4v) is 8.99. The minimum Gasteiger partial charge on any atom is -0.308 e. The number of nitrogens with zero attached hydrogens (tertiary/aromatic N) is 4. The van der Waals surface area contributed by atoms with Gasteiger partial charge in [0.05, 0.1) is 16.7 Å². The second kappa shape index (κ2) is 12.4. The maximum Gasteiger partial charge on any atom is 0.166 e. The number of aromatic nitrogens is 4. The Labute approximate surface area is 329 Å². The zero-order valence-electron chi connectivity index (χ0n) is 30.8. The van der Waals surface area contributed by atoms with Crippen molar-refractivity contribution in [3.8, 4) is 73.2 Å². The van der Waals surface area contributed by atoms with E-state index in [0.29, 0.717) is 17.5 Å². The number of hydrogen-bond acceptors (Lipinski definition) is 3. The van der Waals surface area contributed by atoms with Gasteiger partial charge in [0.2, 0.25) is 0 Å². The first-order valence-electron chi connectivity index (χ1n) is 19.4. The van der Waals surface area contributed by atoms with Crippen LogP contribution in [0.4, 0.5) is 0 Å². The summed E-state index contributed by atoms with van der Waals surface area (Å²) in [5, 5.41) is 7.31. The molecule has 2 aromatic heterocycles. The second-order valence-corrected chi connectivity index (χ2v) is 14.8. The molecule has 11 aromatic rings. The molecule has 57 heavy (non-hydrogen) atoms. The van der Waals surface area contributed by atoms with Crippen LogP contribution in [0.5, 0.6) is 0 Å². The Hall–Kier alpha value is -7.69. The Morgan fingerprint density at radius 1 is 0.281 bits per heavy atom. The van der Waals surface area contributed by atoms with Crippen LogP contribution in [-0.4, -0.2) is 19.5 Å². The van der Waals surface area contributed by atoms with Crippen LogP contribution in [0.1, 0.15) is 0 Å². The smallest absolute Gasteiger partial charge is 0.166 e. The number of rotatable bonds is 5. The van der Waals surface area contributed by atoms with Crippen LogP contribution < -0.4 is 0 Å². The van der Waals surface area contributed by atoms with E-state index in [1.54, 1.807) is 0 Å². The number of hydrogen-bond donors (Lipinski definition) is 0. The topological polar surface area (TPSA) is 43.6 Å². The van der Waals surface area contributed by atoms with Crippen LogP contribution >= 0.6 is 0 Å². The Balaban J connectivity index is 1.18. The summed E-state index contributed by atoms with van der Waals surface area (Å²) >= 11 is 0. The van der Waals surface area contributed by atoms with Crippen molar-refractivity contribution in [2.45, 2.75) is 0 Å². The van der Waals surface area contributed by atoms with Gasteiger partial charge in [-0.1, -0.05) is 164 Å². The van der Waals surface area contributed by atoms with Gasteiger partial charge in [-0.05, 0) is 85.3 Å². The lowest BCUT2D eigenvalue weighted by Gasteiger charge is -2.17. The fourth-order valence-electron chi connectivity index (χ4n) is 8.99. The molecule has 0 atom stereocenters. The van der Waals surface area contributed by atoms with Gasteiger partial charge in [-0.2, -0.15) is 0 Å². The van der Waals surface area contributed by atoms with Crippen LogP contribution in [0.15, 0.2) is 194 Å². The molecule has 0 saturated heterocycles. The molecule has 0 amide bonds. The lowest BCUT2D eigenvalue weighted by Crippen LogP contribution is -2.04. The summed E-state index contributed by atoms with van der Waals surface area (Å²) in [5.41, 5.74) is 13.4. The molecule has 264 valence electrons. The predicted octanol–water partition coefficient (Wildman–Crippen LogP) is 13.6. The average molecular weight is 725 g/mol. The van der Waals surface area contributed by atoms with Gasteiger partial charge in [-0.3, -0.25) is 0 Å². The minimum atomic E-state index is 0.620. The molecule has 0 radical (unpaired) electrons. The molecule has 1 aliphatic carbocycles. The molecule has 0 N–H and O–H groups in total. The van der Waals surface area contributed by atoms with Crippen molar-refractivity contribution in [2.24, 2.45) is 0 Å². The van der Waals surface area contributed by atoms with Crippen molar-refractivity contribution in [2.75, 3.05) is 0 Å². The zero-order chi connectivity index (χ0) is 37.5. The number of fused-ring (bicyclic) bond motifs is 4. The molecule has 0 aliphatic heterocycles. The van der Waals surface area contributed by atoms with Crippen molar-refractivity contribution in [1.29, 1.82) is 0 Å². The summed E-state index contributed by atoms with van der Waals surface area (Å²) in [6.45, 7) is 0. The quantitative estimate of drug-likeness (QED) is 0.177. The standard InChI is InChI=1S/C53H32N4/c1-3-14-33(15-4-1)36-21-11-22-39(30-36)52-54-51(35-16-5-2-6-17-35)55-53(56-52)44-31-37-18-7-8-19-38(37)32-47(44)57-45-27-13-26-43-41-24-10-9-23-40(41)42-25-12-20-34-28-29-46(57)50(48(34)42)49(43)45/h1-32H. The fraction of sp³-hybridized carbons (Fsp3) is 0. The van der Waals surface area contributed by atoms with Crippen LogP contribution in [0.3, 0.4) is 0 Å². The molecule has 4 heteroatoms. The lowest BCUT2D eigenvalue weighted by atomic mass is 9.93. The normalized spacial score (nSPS) is 11.9. The van der Waals surface area contributed by atoms with E-state index in [4.69, 9.17) is 15.0 Å². The van der Waals surface area contributed by atoms with Gasteiger partial charge < -0.3 is 4.57 Å². The Morgan fingerprint density at radius 3 is 1.58 bits per heavy atom. The largest absolute Gasteiger partial charge is 0.308 e. The van der Waals surface area contributed by atoms with E-state index in [1.165, 1.54) is 43.8 Å². The molecule has 12 rings (SSSR count). The van der Waals surface area contributed by atoms with Crippen LogP contribution in [0, 0.1) is 0 Å². The molecule has 0 saturated carbocycles. The van der Waals surface area contributed by atoms with Crippen molar-refractivity contribution in [3.63, 3.8) is 0 Å². The first-order chi connectivity index (χ1) is 28.3. The van der Waals surface area contributed by atoms with E-state index < -0.39 is 0 Å². The zero-order valence-corrected chi connectivity index (χ0v) is 30.8. The molecule has 0 unspecified atom stereocenters. The second-order valence-electron chi connectivity index (χ2n) is 14.8. The molecule has 0 bridgehead atoms. The van der Waals surface area contributed by atoms with Crippen LogP contribution in [-0.2, 0) is 0 Å². The predicted molar refractivity (Wildman–Crippen MR) is 235 cm³/mol. The Kier molecular flexibility index (Phi) is 6.89. The average Bonchev–Trinajstić information content (AvgIpc) is 3.57. The van der Waals surface area contributed by atoms with Gasteiger partial charge in [0.1, 0.15) is 0 Å². The van der Waals surface area contributed by atoms with E-state index in [9.17, 15) is 0 Å². The summed E-state index contributed by atoms with van der Waals surface area (Å²) in [6, 6.07) is 69.2. The van der Waals surface area contributed by atoms with Gasteiger partial charge in [0.25, 0.3) is 0 Å². The Morgan fingerprint density at radius 2 is 0.807 bits per heavy atom. The Bertz CT molecular complexity index is 3400. The molecule has 4 nitrogen and oxygen atoms in total. The maximum atomic E-state index is 5.36. The van der Waals surface area contributed by atoms with E-state index in [0.717, 1.165) is 55.3 Å². The van der Waals surface area contributed by atoms with E-state index >= 15 is 0 Å². The molecule has 9 aromatic carbocycles. The third kappa shape index (κ3) is 4.91. The van der Waals surface area contributed by atoms with Gasteiger partial charge >= 0.3 is 0 Å². The monoisotopic (exact) mass is 724 g/mol. The highest BCUT2D eigenvalue weighted by Crippen LogP contribution is 2.50. The molecule has 0 fully saturated rings. The molecule has 2 heterocycles. The number of benzene rings is 9.